The molecule has 0 atom stereocenters. The van der Waals surface area contributed by atoms with Crippen LogP contribution in [0.4, 0.5) is 4.79 Å². The molecule has 0 heterocycles. The van der Waals surface area contributed by atoms with Crippen LogP contribution in [0.25, 0.3) is 0 Å². The maximum Gasteiger partial charge on any atom is 0.407 e. The highest BCUT2D eigenvalue weighted by molar-refractivity contribution is 5.67. The van der Waals surface area contributed by atoms with Crippen molar-refractivity contribution < 1.29 is 19.1 Å². The third-order valence-corrected chi connectivity index (χ3v) is 3.34. The number of unbranched alkanes of at least 4 members (excludes halogenated alkanes) is 2. The molecule has 1 aromatic carbocycles. The molecule has 0 saturated carbocycles. The van der Waals surface area contributed by atoms with E-state index in [4.69, 9.17) is 9.47 Å². The molecule has 24 heavy (non-hydrogen) atoms. The first-order valence-electron chi connectivity index (χ1n) is 8.42. The Hall–Kier alpha value is -2.33. The zero-order valence-corrected chi connectivity index (χ0v) is 14.3. The van der Waals surface area contributed by atoms with Crippen molar-refractivity contribution in [2.45, 2.75) is 39.0 Å². The lowest BCUT2D eigenvalue weighted by atomic mass is 10.1. The Morgan fingerprint density at radius 3 is 2.67 bits per heavy atom. The number of hydrogen-bond acceptors (Lipinski definition) is 5. The maximum absolute atomic E-state index is 11.5. The Labute approximate surface area is 143 Å². The van der Waals surface area contributed by atoms with E-state index in [0.29, 0.717) is 26.1 Å². The summed E-state index contributed by atoms with van der Waals surface area (Å²) in [4.78, 5) is 24.8. The van der Waals surface area contributed by atoms with Crippen molar-refractivity contribution >= 4 is 12.2 Å². The molecule has 0 spiro atoms. The fraction of sp³-hybridized carbons (Fsp3) is 0.556. The minimum absolute atomic E-state index is 0.331. The molecule has 0 aromatic heterocycles. The van der Waals surface area contributed by atoms with Crippen LogP contribution in [-0.4, -0.2) is 38.5 Å². The summed E-state index contributed by atoms with van der Waals surface area (Å²) in [6.45, 7) is 4.15. The highest BCUT2D eigenvalue weighted by atomic mass is 16.5. The van der Waals surface area contributed by atoms with E-state index in [1.54, 1.807) is 0 Å². The molecule has 0 radical (unpaired) electrons. The first-order chi connectivity index (χ1) is 11.8. The van der Waals surface area contributed by atoms with Crippen LogP contribution in [-0.2, 0) is 16.0 Å². The van der Waals surface area contributed by atoms with Crippen LogP contribution >= 0.6 is 0 Å². The molecule has 1 N–H and O–H groups in total. The molecule has 0 saturated heterocycles. The number of nitrogens with one attached hydrogen (secondary N) is 1. The first-order valence-corrected chi connectivity index (χ1v) is 8.42. The molecule has 0 aliphatic heterocycles. The molecule has 6 heteroatoms. The lowest BCUT2D eigenvalue weighted by Crippen LogP contribution is -2.26. The van der Waals surface area contributed by atoms with Gasteiger partial charge in [-0.3, -0.25) is 0 Å². The fourth-order valence-corrected chi connectivity index (χ4v) is 1.95. The molecule has 0 fully saturated rings. The Morgan fingerprint density at radius 1 is 1.17 bits per heavy atom. The Morgan fingerprint density at radius 2 is 1.96 bits per heavy atom. The van der Waals surface area contributed by atoms with Gasteiger partial charge in [0.25, 0.3) is 0 Å². The molecule has 6 nitrogen and oxygen atoms in total. The van der Waals surface area contributed by atoms with Crippen molar-refractivity contribution in [2.24, 2.45) is 4.99 Å². The second-order valence-electron chi connectivity index (χ2n) is 5.34. The number of isocyanates is 1. The van der Waals surface area contributed by atoms with Crippen molar-refractivity contribution in [1.82, 2.24) is 5.32 Å². The summed E-state index contributed by atoms with van der Waals surface area (Å²) in [7, 11) is 0. The number of hydrogen-bond donors (Lipinski definition) is 1. The number of ether oxygens (including phenoxy) is 2. The molecule has 0 unspecified atom stereocenters. The summed E-state index contributed by atoms with van der Waals surface area (Å²) < 4.78 is 10.7. The minimum Gasteiger partial charge on any atom is -0.494 e. The summed E-state index contributed by atoms with van der Waals surface area (Å²) >= 11 is 0. The van der Waals surface area contributed by atoms with Gasteiger partial charge in [0.1, 0.15) is 5.75 Å². The van der Waals surface area contributed by atoms with Crippen LogP contribution in [0.1, 0.15) is 38.2 Å². The van der Waals surface area contributed by atoms with E-state index in [-0.39, 0.29) is 0 Å². The van der Waals surface area contributed by atoms with E-state index < -0.39 is 6.09 Å². The summed E-state index contributed by atoms with van der Waals surface area (Å²) in [6, 6.07) is 7.84. The second-order valence-corrected chi connectivity index (χ2v) is 5.34. The molecule has 0 aliphatic carbocycles. The van der Waals surface area contributed by atoms with Crippen molar-refractivity contribution in [2.75, 3.05) is 26.3 Å². The molecule has 132 valence electrons. The van der Waals surface area contributed by atoms with Crippen molar-refractivity contribution in [3.8, 4) is 5.75 Å². The van der Waals surface area contributed by atoms with Crippen molar-refractivity contribution in [1.29, 1.82) is 0 Å². The van der Waals surface area contributed by atoms with Crippen LogP contribution in [0.2, 0.25) is 0 Å². The number of benzene rings is 1. The van der Waals surface area contributed by atoms with Crippen LogP contribution in [0.5, 0.6) is 5.75 Å². The highest BCUT2D eigenvalue weighted by Crippen LogP contribution is 2.13. The van der Waals surface area contributed by atoms with Gasteiger partial charge in [-0.05, 0) is 37.0 Å². The van der Waals surface area contributed by atoms with Gasteiger partial charge in [0.2, 0.25) is 6.08 Å². The number of nitrogens with zero attached hydrogens (tertiary/aromatic N) is 1. The van der Waals surface area contributed by atoms with Crippen LogP contribution in [0.3, 0.4) is 0 Å². The summed E-state index contributed by atoms with van der Waals surface area (Å²) in [5.41, 5.74) is 1.09. The fourth-order valence-electron chi connectivity index (χ4n) is 1.95. The normalized spacial score (nSPS) is 9.88. The predicted octanol–water partition coefficient (Wildman–Crippen LogP) is 3.25. The molecule has 1 amide bonds. The Bertz CT molecular complexity index is 510. The van der Waals surface area contributed by atoms with Crippen LogP contribution < -0.4 is 10.1 Å². The zero-order valence-electron chi connectivity index (χ0n) is 14.3. The SMILES string of the molecule is CCCCOc1ccc(CCOC(=O)NCCCCN=C=O)cc1. The van der Waals surface area contributed by atoms with E-state index in [1.165, 1.54) is 6.08 Å². The van der Waals surface area contributed by atoms with Crippen molar-refractivity contribution in [3.05, 3.63) is 29.8 Å². The smallest absolute Gasteiger partial charge is 0.407 e. The summed E-state index contributed by atoms with van der Waals surface area (Å²) in [6.07, 6.45) is 5.38. The number of carbonyl (C=O) groups is 1. The standard InChI is InChI=1S/C18H26N2O4/c1-2-3-13-23-17-8-6-16(7-9-17)10-14-24-18(22)20-12-5-4-11-19-15-21/h6-9H,2-5,10-14H2,1H3,(H,20,22). The number of aliphatic imine (C=N–C) groups is 1. The zero-order chi connectivity index (χ0) is 17.5. The van der Waals surface area contributed by atoms with E-state index in [2.05, 4.69) is 17.2 Å². The van der Waals surface area contributed by atoms with Gasteiger partial charge < -0.3 is 14.8 Å². The minimum atomic E-state index is -0.423. The van der Waals surface area contributed by atoms with E-state index in [9.17, 15) is 9.59 Å². The number of carbonyl (C=O) groups excluding carboxylic acids is 2. The second kappa shape index (κ2) is 13.1. The van der Waals surface area contributed by atoms with Crippen LogP contribution in [0.15, 0.2) is 29.3 Å². The molecule has 1 aromatic rings. The Balaban J connectivity index is 2.11. The largest absolute Gasteiger partial charge is 0.494 e. The van der Waals surface area contributed by atoms with Gasteiger partial charge in [-0.2, -0.15) is 0 Å². The molecule has 1 rings (SSSR count). The quantitative estimate of drug-likeness (QED) is 0.362. The lowest BCUT2D eigenvalue weighted by Gasteiger charge is -2.08. The third-order valence-electron chi connectivity index (χ3n) is 3.34. The van der Waals surface area contributed by atoms with E-state index >= 15 is 0 Å². The molecule has 0 bridgehead atoms. The number of amides is 1. The van der Waals surface area contributed by atoms with Gasteiger partial charge in [0, 0.05) is 13.0 Å². The van der Waals surface area contributed by atoms with Gasteiger partial charge >= 0.3 is 6.09 Å². The van der Waals surface area contributed by atoms with Crippen LogP contribution in [0, 0.1) is 0 Å². The van der Waals surface area contributed by atoms with Gasteiger partial charge in [0.15, 0.2) is 0 Å². The maximum atomic E-state index is 11.5. The monoisotopic (exact) mass is 334 g/mol. The average molecular weight is 334 g/mol. The molecular formula is C18H26N2O4. The summed E-state index contributed by atoms with van der Waals surface area (Å²) in [5.74, 6) is 0.866. The number of alkyl carbamates (subject to hydrolysis) is 1. The van der Waals surface area contributed by atoms with Gasteiger partial charge in [0.05, 0.1) is 19.8 Å². The number of rotatable bonds is 12. The highest BCUT2D eigenvalue weighted by Gasteiger charge is 2.02. The van der Waals surface area contributed by atoms with Crippen molar-refractivity contribution in [3.63, 3.8) is 0 Å². The summed E-state index contributed by atoms with van der Waals surface area (Å²) in [5, 5.41) is 2.66. The van der Waals surface area contributed by atoms with Gasteiger partial charge in [-0.1, -0.05) is 25.5 Å². The van der Waals surface area contributed by atoms with Gasteiger partial charge in [-0.25, -0.2) is 14.6 Å². The van der Waals surface area contributed by atoms with E-state index in [0.717, 1.165) is 43.6 Å². The topological polar surface area (TPSA) is 77.0 Å². The van der Waals surface area contributed by atoms with E-state index in [1.807, 2.05) is 24.3 Å². The first kappa shape index (κ1) is 19.7. The Kier molecular flexibility index (Phi) is 10.8. The third kappa shape index (κ3) is 9.64. The van der Waals surface area contributed by atoms with Gasteiger partial charge in [-0.15, -0.1) is 0 Å². The lowest BCUT2D eigenvalue weighted by molar-refractivity contribution is 0.147. The average Bonchev–Trinajstić information content (AvgIpc) is 2.59. The molecular weight excluding hydrogens is 308 g/mol. The molecule has 0 aliphatic rings. The predicted molar refractivity (Wildman–Crippen MR) is 92.1 cm³/mol.